The SMILES string of the molecule is Cc1nc(CC(O)CCC2CC2)cs1. The van der Waals surface area contributed by atoms with Gasteiger partial charge in [0.25, 0.3) is 0 Å². The summed E-state index contributed by atoms with van der Waals surface area (Å²) in [5, 5.41) is 12.9. The van der Waals surface area contributed by atoms with Crippen molar-refractivity contribution in [1.82, 2.24) is 4.98 Å². The van der Waals surface area contributed by atoms with Crippen molar-refractivity contribution in [2.24, 2.45) is 5.92 Å². The number of rotatable bonds is 5. The predicted octanol–water partition coefficient (Wildman–Crippen LogP) is 2.55. The van der Waals surface area contributed by atoms with Crippen molar-refractivity contribution in [2.75, 3.05) is 0 Å². The molecule has 2 nitrogen and oxygen atoms in total. The van der Waals surface area contributed by atoms with E-state index in [2.05, 4.69) is 10.4 Å². The number of hydrogen-bond donors (Lipinski definition) is 1. The van der Waals surface area contributed by atoms with Crippen LogP contribution in [0.2, 0.25) is 0 Å². The molecular formula is C11H17NOS. The molecule has 78 valence electrons. The Labute approximate surface area is 89.0 Å². The van der Waals surface area contributed by atoms with Gasteiger partial charge in [-0.25, -0.2) is 4.98 Å². The summed E-state index contributed by atoms with van der Waals surface area (Å²) in [6.45, 7) is 2.00. The first-order chi connectivity index (χ1) is 6.74. The van der Waals surface area contributed by atoms with Crippen LogP contribution in [-0.4, -0.2) is 16.2 Å². The number of aliphatic hydroxyl groups is 1. The molecule has 1 fully saturated rings. The summed E-state index contributed by atoms with van der Waals surface area (Å²) < 4.78 is 0. The van der Waals surface area contributed by atoms with Crippen molar-refractivity contribution in [1.29, 1.82) is 0 Å². The minimum absolute atomic E-state index is 0.183. The Kier molecular flexibility index (Phi) is 3.19. The van der Waals surface area contributed by atoms with Gasteiger partial charge in [0, 0.05) is 11.8 Å². The second-order valence-electron chi connectivity index (χ2n) is 4.24. The Morgan fingerprint density at radius 1 is 1.64 bits per heavy atom. The maximum Gasteiger partial charge on any atom is 0.0897 e. The topological polar surface area (TPSA) is 33.1 Å². The zero-order valence-electron chi connectivity index (χ0n) is 8.57. The molecule has 2 rings (SSSR count). The fourth-order valence-electron chi connectivity index (χ4n) is 1.68. The largest absolute Gasteiger partial charge is 0.393 e. The molecule has 1 aromatic heterocycles. The molecular weight excluding hydrogens is 194 g/mol. The van der Waals surface area contributed by atoms with Crippen LogP contribution in [-0.2, 0) is 6.42 Å². The van der Waals surface area contributed by atoms with Gasteiger partial charge in [-0.3, -0.25) is 0 Å². The zero-order chi connectivity index (χ0) is 9.97. The summed E-state index contributed by atoms with van der Waals surface area (Å²) in [4.78, 5) is 4.35. The van der Waals surface area contributed by atoms with Gasteiger partial charge in [0.2, 0.25) is 0 Å². The second-order valence-corrected chi connectivity index (χ2v) is 5.30. The van der Waals surface area contributed by atoms with Crippen LogP contribution in [0.5, 0.6) is 0 Å². The molecule has 1 aliphatic rings. The standard InChI is InChI=1S/C11H17NOS/c1-8-12-10(7-14-8)6-11(13)5-4-9-2-3-9/h7,9,11,13H,2-6H2,1H3. The lowest BCUT2D eigenvalue weighted by Crippen LogP contribution is -2.10. The van der Waals surface area contributed by atoms with Gasteiger partial charge in [-0.05, 0) is 25.7 Å². The van der Waals surface area contributed by atoms with E-state index in [0.717, 1.165) is 29.5 Å². The van der Waals surface area contributed by atoms with Gasteiger partial charge >= 0.3 is 0 Å². The Morgan fingerprint density at radius 3 is 3.00 bits per heavy atom. The van der Waals surface area contributed by atoms with Gasteiger partial charge in [0.15, 0.2) is 0 Å². The summed E-state index contributed by atoms with van der Waals surface area (Å²) in [7, 11) is 0. The molecule has 0 aliphatic heterocycles. The van der Waals surface area contributed by atoms with Crippen LogP contribution in [0.3, 0.4) is 0 Å². The van der Waals surface area contributed by atoms with Gasteiger partial charge in [-0.2, -0.15) is 0 Å². The first kappa shape index (κ1) is 10.1. The van der Waals surface area contributed by atoms with E-state index in [-0.39, 0.29) is 6.10 Å². The lowest BCUT2D eigenvalue weighted by Gasteiger charge is -2.07. The molecule has 0 spiro atoms. The van der Waals surface area contributed by atoms with Gasteiger partial charge in [0.05, 0.1) is 16.8 Å². The van der Waals surface area contributed by atoms with Crippen LogP contribution in [0.25, 0.3) is 0 Å². The van der Waals surface area contributed by atoms with E-state index in [0.29, 0.717) is 0 Å². The van der Waals surface area contributed by atoms with Crippen LogP contribution >= 0.6 is 11.3 Å². The quantitative estimate of drug-likeness (QED) is 0.812. The number of aliphatic hydroxyl groups excluding tert-OH is 1. The molecule has 0 radical (unpaired) electrons. The second kappa shape index (κ2) is 4.41. The molecule has 14 heavy (non-hydrogen) atoms. The van der Waals surface area contributed by atoms with E-state index in [4.69, 9.17) is 0 Å². The molecule has 1 saturated carbocycles. The van der Waals surface area contributed by atoms with E-state index in [1.54, 1.807) is 11.3 Å². The maximum absolute atomic E-state index is 9.75. The van der Waals surface area contributed by atoms with E-state index >= 15 is 0 Å². The number of aromatic nitrogens is 1. The Bertz CT molecular complexity index is 293. The molecule has 0 saturated heterocycles. The fraction of sp³-hybridized carbons (Fsp3) is 0.727. The summed E-state index contributed by atoms with van der Waals surface area (Å²) in [6, 6.07) is 0. The third kappa shape index (κ3) is 3.07. The van der Waals surface area contributed by atoms with Crippen LogP contribution in [0, 0.1) is 12.8 Å². The Balaban J connectivity index is 1.72. The highest BCUT2D eigenvalue weighted by atomic mass is 32.1. The molecule has 1 unspecified atom stereocenters. The van der Waals surface area contributed by atoms with Crippen molar-refractivity contribution in [2.45, 2.75) is 45.1 Å². The molecule has 1 aliphatic carbocycles. The van der Waals surface area contributed by atoms with E-state index in [9.17, 15) is 5.11 Å². The Hall–Kier alpha value is -0.410. The normalized spacial score (nSPS) is 18.4. The molecule has 3 heteroatoms. The predicted molar refractivity (Wildman–Crippen MR) is 58.5 cm³/mol. The molecule has 1 N–H and O–H groups in total. The monoisotopic (exact) mass is 211 g/mol. The molecule has 0 bridgehead atoms. The van der Waals surface area contributed by atoms with E-state index in [1.165, 1.54) is 19.3 Å². The summed E-state index contributed by atoms with van der Waals surface area (Å²) in [6.07, 6.45) is 5.45. The Morgan fingerprint density at radius 2 is 2.43 bits per heavy atom. The van der Waals surface area contributed by atoms with Crippen molar-refractivity contribution >= 4 is 11.3 Å². The minimum Gasteiger partial charge on any atom is -0.393 e. The van der Waals surface area contributed by atoms with Gasteiger partial charge in [-0.15, -0.1) is 11.3 Å². The highest BCUT2D eigenvalue weighted by Gasteiger charge is 2.22. The zero-order valence-corrected chi connectivity index (χ0v) is 9.39. The highest BCUT2D eigenvalue weighted by molar-refractivity contribution is 7.09. The number of nitrogens with zero attached hydrogens (tertiary/aromatic N) is 1. The van der Waals surface area contributed by atoms with E-state index in [1.807, 2.05) is 6.92 Å². The van der Waals surface area contributed by atoms with E-state index < -0.39 is 0 Å². The van der Waals surface area contributed by atoms with Crippen molar-refractivity contribution in [3.05, 3.63) is 16.1 Å². The van der Waals surface area contributed by atoms with Crippen LogP contribution in [0.15, 0.2) is 5.38 Å². The summed E-state index contributed by atoms with van der Waals surface area (Å²) >= 11 is 1.66. The summed E-state index contributed by atoms with van der Waals surface area (Å²) in [5.74, 6) is 0.918. The van der Waals surface area contributed by atoms with Crippen LogP contribution < -0.4 is 0 Å². The highest BCUT2D eigenvalue weighted by Crippen LogP contribution is 2.34. The molecule has 1 atom stereocenters. The first-order valence-corrected chi connectivity index (χ1v) is 6.21. The maximum atomic E-state index is 9.75. The van der Waals surface area contributed by atoms with Crippen molar-refractivity contribution in [3.63, 3.8) is 0 Å². The van der Waals surface area contributed by atoms with Crippen molar-refractivity contribution < 1.29 is 5.11 Å². The third-order valence-electron chi connectivity index (χ3n) is 2.72. The van der Waals surface area contributed by atoms with Gasteiger partial charge in [0.1, 0.15) is 0 Å². The average Bonchev–Trinajstić information content (AvgIpc) is 2.88. The first-order valence-electron chi connectivity index (χ1n) is 5.33. The molecule has 1 heterocycles. The van der Waals surface area contributed by atoms with Crippen LogP contribution in [0.4, 0.5) is 0 Å². The number of hydrogen-bond acceptors (Lipinski definition) is 3. The van der Waals surface area contributed by atoms with Gasteiger partial charge in [-0.1, -0.05) is 12.8 Å². The smallest absolute Gasteiger partial charge is 0.0897 e. The lowest BCUT2D eigenvalue weighted by molar-refractivity contribution is 0.159. The van der Waals surface area contributed by atoms with Crippen LogP contribution in [0.1, 0.15) is 36.4 Å². The molecule has 0 amide bonds. The lowest BCUT2D eigenvalue weighted by atomic mass is 10.1. The number of thiazole rings is 1. The fourth-order valence-corrected chi connectivity index (χ4v) is 2.31. The molecule has 0 aromatic carbocycles. The average molecular weight is 211 g/mol. The number of aryl methyl sites for hydroxylation is 1. The molecule has 1 aromatic rings. The van der Waals surface area contributed by atoms with Crippen molar-refractivity contribution in [3.8, 4) is 0 Å². The van der Waals surface area contributed by atoms with Gasteiger partial charge < -0.3 is 5.11 Å². The third-order valence-corrected chi connectivity index (χ3v) is 3.54. The minimum atomic E-state index is -0.183. The summed E-state index contributed by atoms with van der Waals surface area (Å²) in [5.41, 5.74) is 1.05.